The van der Waals surface area contributed by atoms with Gasteiger partial charge in [0.2, 0.25) is 0 Å². The highest BCUT2D eigenvalue weighted by Gasteiger charge is 2.21. The maximum Gasteiger partial charge on any atom is 0.407 e. The number of amides is 1. The molecule has 1 N–H and O–H groups in total. The molecule has 0 aromatic carbocycles. The molecule has 1 rings (SSSR count). The van der Waals surface area contributed by atoms with Crippen molar-refractivity contribution in [3.8, 4) is 0 Å². The van der Waals surface area contributed by atoms with Gasteiger partial charge in [-0.15, -0.1) is 0 Å². The van der Waals surface area contributed by atoms with Gasteiger partial charge in [0.1, 0.15) is 6.10 Å². The topological polar surface area (TPSA) is 47.6 Å². The monoisotopic (exact) mass is 215 g/mol. The van der Waals surface area contributed by atoms with Crippen LogP contribution in [0.1, 0.15) is 32.6 Å². The van der Waals surface area contributed by atoms with Crippen LogP contribution in [-0.2, 0) is 9.47 Å². The van der Waals surface area contributed by atoms with Crippen LogP contribution in [0, 0.1) is 5.92 Å². The molecule has 0 heterocycles. The summed E-state index contributed by atoms with van der Waals surface area (Å²) < 4.78 is 10.1. The number of methoxy groups -OCH3 is 1. The molecular formula is C11H21NO3. The predicted molar refractivity (Wildman–Crippen MR) is 57.8 cm³/mol. The molecule has 1 amide bonds. The Kier molecular flexibility index (Phi) is 5.47. The molecule has 1 aliphatic rings. The molecule has 1 fully saturated rings. The van der Waals surface area contributed by atoms with Crippen LogP contribution < -0.4 is 5.32 Å². The van der Waals surface area contributed by atoms with E-state index in [-0.39, 0.29) is 12.2 Å². The molecule has 4 heteroatoms. The van der Waals surface area contributed by atoms with E-state index in [1.165, 1.54) is 0 Å². The maximum absolute atomic E-state index is 11.3. The highest BCUT2D eigenvalue weighted by molar-refractivity contribution is 5.67. The van der Waals surface area contributed by atoms with Gasteiger partial charge in [0.15, 0.2) is 0 Å². The Morgan fingerprint density at radius 3 is 2.60 bits per heavy atom. The number of carbonyl (C=O) groups excluding carboxylic acids is 1. The molecular weight excluding hydrogens is 194 g/mol. The van der Waals surface area contributed by atoms with E-state index in [1.54, 1.807) is 7.11 Å². The Morgan fingerprint density at radius 2 is 2.00 bits per heavy atom. The summed E-state index contributed by atoms with van der Waals surface area (Å²) in [5.74, 6) is 0.779. The van der Waals surface area contributed by atoms with E-state index in [2.05, 4.69) is 12.2 Å². The van der Waals surface area contributed by atoms with Crippen molar-refractivity contribution in [2.24, 2.45) is 5.92 Å². The van der Waals surface area contributed by atoms with Crippen molar-refractivity contribution in [3.63, 3.8) is 0 Å². The first-order valence-corrected chi connectivity index (χ1v) is 5.65. The SMILES string of the molecule is COCCNC(=O)O[C@H]1CC[C@H](C)CC1. The van der Waals surface area contributed by atoms with Crippen LogP contribution in [0.2, 0.25) is 0 Å². The van der Waals surface area contributed by atoms with Crippen LogP contribution in [0.15, 0.2) is 0 Å². The van der Waals surface area contributed by atoms with Gasteiger partial charge in [0.05, 0.1) is 6.61 Å². The highest BCUT2D eigenvalue weighted by atomic mass is 16.6. The fourth-order valence-electron chi connectivity index (χ4n) is 1.80. The lowest BCUT2D eigenvalue weighted by molar-refractivity contribution is 0.0646. The Hall–Kier alpha value is -0.770. The second kappa shape index (κ2) is 6.67. The first kappa shape index (κ1) is 12.3. The Bertz CT molecular complexity index is 188. The second-order valence-corrected chi connectivity index (χ2v) is 4.21. The van der Waals surface area contributed by atoms with Gasteiger partial charge < -0.3 is 14.8 Å². The lowest BCUT2D eigenvalue weighted by Crippen LogP contribution is -2.32. The van der Waals surface area contributed by atoms with Crippen molar-refractivity contribution >= 4 is 6.09 Å². The molecule has 4 nitrogen and oxygen atoms in total. The van der Waals surface area contributed by atoms with Crippen molar-refractivity contribution in [1.29, 1.82) is 0 Å². The second-order valence-electron chi connectivity index (χ2n) is 4.21. The average molecular weight is 215 g/mol. The molecule has 15 heavy (non-hydrogen) atoms. The van der Waals surface area contributed by atoms with Crippen LogP contribution in [0.5, 0.6) is 0 Å². The molecule has 0 aromatic rings. The average Bonchev–Trinajstić information content (AvgIpc) is 2.22. The van der Waals surface area contributed by atoms with E-state index >= 15 is 0 Å². The molecule has 88 valence electrons. The third-order valence-corrected chi connectivity index (χ3v) is 2.81. The van der Waals surface area contributed by atoms with Gasteiger partial charge >= 0.3 is 6.09 Å². The summed E-state index contributed by atoms with van der Waals surface area (Å²) in [5, 5.41) is 2.66. The minimum Gasteiger partial charge on any atom is -0.446 e. The minimum absolute atomic E-state index is 0.115. The standard InChI is InChI=1S/C11H21NO3/c1-9-3-5-10(6-4-9)15-11(13)12-7-8-14-2/h9-10H,3-8H2,1-2H3,(H,12,13)/t9-,10-. The quantitative estimate of drug-likeness (QED) is 0.729. The van der Waals surface area contributed by atoms with E-state index in [4.69, 9.17) is 9.47 Å². The smallest absolute Gasteiger partial charge is 0.407 e. The first-order valence-electron chi connectivity index (χ1n) is 5.65. The molecule has 0 saturated heterocycles. The van der Waals surface area contributed by atoms with Gasteiger partial charge in [-0.25, -0.2) is 4.79 Å². The van der Waals surface area contributed by atoms with Crippen molar-refractivity contribution < 1.29 is 14.3 Å². The fourth-order valence-corrected chi connectivity index (χ4v) is 1.80. The van der Waals surface area contributed by atoms with E-state index in [0.29, 0.717) is 13.2 Å². The lowest BCUT2D eigenvalue weighted by atomic mass is 9.89. The highest BCUT2D eigenvalue weighted by Crippen LogP contribution is 2.25. The fraction of sp³-hybridized carbons (Fsp3) is 0.909. The largest absolute Gasteiger partial charge is 0.446 e. The van der Waals surface area contributed by atoms with Crippen molar-refractivity contribution in [3.05, 3.63) is 0 Å². The van der Waals surface area contributed by atoms with Gasteiger partial charge in [-0.3, -0.25) is 0 Å². The summed E-state index contributed by atoms with van der Waals surface area (Å²) in [6, 6.07) is 0. The first-order chi connectivity index (χ1) is 7.22. The molecule has 0 aliphatic heterocycles. The summed E-state index contributed by atoms with van der Waals surface area (Å²) in [6.45, 7) is 3.28. The molecule has 1 saturated carbocycles. The van der Waals surface area contributed by atoms with Gasteiger partial charge in [0, 0.05) is 13.7 Å². The number of ether oxygens (including phenoxy) is 2. The summed E-state index contributed by atoms with van der Waals surface area (Å²) in [7, 11) is 1.61. The zero-order valence-electron chi connectivity index (χ0n) is 9.62. The van der Waals surface area contributed by atoms with Crippen LogP contribution >= 0.6 is 0 Å². The van der Waals surface area contributed by atoms with Crippen LogP contribution in [0.3, 0.4) is 0 Å². The van der Waals surface area contributed by atoms with Crippen molar-refractivity contribution in [2.75, 3.05) is 20.3 Å². The minimum atomic E-state index is -0.313. The number of carbonyl (C=O) groups is 1. The van der Waals surface area contributed by atoms with E-state index < -0.39 is 0 Å². The summed E-state index contributed by atoms with van der Waals surface area (Å²) in [6.07, 6.45) is 4.12. The number of nitrogens with one attached hydrogen (secondary N) is 1. The lowest BCUT2D eigenvalue weighted by Gasteiger charge is -2.25. The molecule has 0 unspecified atom stereocenters. The number of rotatable bonds is 4. The van der Waals surface area contributed by atoms with Crippen LogP contribution in [-0.4, -0.2) is 32.5 Å². The number of alkyl carbamates (subject to hydrolysis) is 1. The van der Waals surface area contributed by atoms with Crippen molar-refractivity contribution in [2.45, 2.75) is 38.7 Å². The maximum atomic E-state index is 11.3. The van der Waals surface area contributed by atoms with Gasteiger partial charge in [-0.2, -0.15) is 0 Å². The molecule has 0 aromatic heterocycles. The van der Waals surface area contributed by atoms with E-state index in [9.17, 15) is 4.79 Å². The van der Waals surface area contributed by atoms with Gasteiger partial charge in [-0.1, -0.05) is 6.92 Å². The number of hydrogen-bond acceptors (Lipinski definition) is 3. The molecule has 0 bridgehead atoms. The molecule has 0 atom stereocenters. The normalized spacial score (nSPS) is 26.0. The molecule has 0 radical (unpaired) electrons. The molecule has 0 spiro atoms. The summed E-state index contributed by atoms with van der Waals surface area (Å²) in [5.41, 5.74) is 0. The van der Waals surface area contributed by atoms with Crippen LogP contribution in [0.25, 0.3) is 0 Å². The third-order valence-electron chi connectivity index (χ3n) is 2.81. The Morgan fingerprint density at radius 1 is 1.33 bits per heavy atom. The molecule has 1 aliphatic carbocycles. The Labute approximate surface area is 91.3 Å². The van der Waals surface area contributed by atoms with Crippen molar-refractivity contribution in [1.82, 2.24) is 5.32 Å². The zero-order chi connectivity index (χ0) is 11.1. The Balaban J connectivity index is 2.09. The van der Waals surface area contributed by atoms with Crippen LogP contribution in [0.4, 0.5) is 4.79 Å². The van der Waals surface area contributed by atoms with E-state index in [0.717, 1.165) is 31.6 Å². The predicted octanol–water partition coefficient (Wildman–Crippen LogP) is 1.94. The number of hydrogen-bond donors (Lipinski definition) is 1. The van der Waals surface area contributed by atoms with Gasteiger partial charge in [0.25, 0.3) is 0 Å². The van der Waals surface area contributed by atoms with E-state index in [1.807, 2.05) is 0 Å². The summed E-state index contributed by atoms with van der Waals surface area (Å²) >= 11 is 0. The van der Waals surface area contributed by atoms with Gasteiger partial charge in [-0.05, 0) is 31.6 Å². The third kappa shape index (κ3) is 5.02. The zero-order valence-corrected chi connectivity index (χ0v) is 9.62. The summed E-state index contributed by atoms with van der Waals surface area (Å²) in [4.78, 5) is 11.3.